The zero-order valence-corrected chi connectivity index (χ0v) is 23.6. The van der Waals surface area contributed by atoms with Gasteiger partial charge in [-0.3, -0.25) is 14.5 Å². The number of nitrogens with zero attached hydrogens (tertiary/aromatic N) is 2. The number of allylic oxidation sites excluding steroid dienone is 3. The number of benzene rings is 2. The number of aliphatic imine (C=N–C) groups is 1. The van der Waals surface area contributed by atoms with Crippen LogP contribution in [0.4, 0.5) is 0 Å². The van der Waals surface area contributed by atoms with Crippen LogP contribution >= 0.6 is 0 Å². The quantitative estimate of drug-likeness (QED) is 0.355. The van der Waals surface area contributed by atoms with Gasteiger partial charge in [0.1, 0.15) is 0 Å². The van der Waals surface area contributed by atoms with Crippen LogP contribution in [0.2, 0.25) is 0 Å². The summed E-state index contributed by atoms with van der Waals surface area (Å²) in [5.74, 6) is -0.231. The average molecular weight is 541 g/mol. The molecule has 40 heavy (non-hydrogen) atoms. The largest absolute Gasteiger partial charge is 0.390 e. The van der Waals surface area contributed by atoms with E-state index in [1.807, 2.05) is 80.6 Å². The highest BCUT2D eigenvalue weighted by molar-refractivity contribution is 6.00. The Morgan fingerprint density at radius 3 is 2.73 bits per heavy atom. The fraction of sp³-hybridized carbons (Fsp3) is 0.364. The smallest absolute Gasteiger partial charge is 0.251 e. The van der Waals surface area contributed by atoms with E-state index in [9.17, 15) is 14.7 Å². The first kappa shape index (κ1) is 29.0. The van der Waals surface area contributed by atoms with Gasteiger partial charge < -0.3 is 16.2 Å². The molecule has 2 aromatic carbocycles. The van der Waals surface area contributed by atoms with Crippen LogP contribution in [-0.4, -0.2) is 39.4 Å². The van der Waals surface area contributed by atoms with Crippen LogP contribution in [0, 0.1) is 0 Å². The zero-order chi connectivity index (χ0) is 28.9. The number of aliphatic hydroxyl groups excluding tert-OH is 1. The summed E-state index contributed by atoms with van der Waals surface area (Å²) in [6, 6.07) is 14.2. The van der Waals surface area contributed by atoms with E-state index in [2.05, 4.69) is 18.8 Å². The number of hydrogen-bond acceptors (Lipinski definition) is 5. The minimum absolute atomic E-state index is 0.117. The predicted molar refractivity (Wildman–Crippen MR) is 160 cm³/mol. The zero-order valence-electron chi connectivity index (χ0n) is 23.6. The first-order valence-corrected chi connectivity index (χ1v) is 14.1. The number of guanidine groups is 1. The lowest BCUT2D eigenvalue weighted by Crippen LogP contribution is -2.53. The maximum Gasteiger partial charge on any atom is 0.251 e. The predicted octanol–water partition coefficient (Wildman–Crippen LogP) is 5.30. The van der Waals surface area contributed by atoms with Gasteiger partial charge in [0.15, 0.2) is 5.96 Å². The second kappa shape index (κ2) is 12.5. The average Bonchev–Trinajstić information content (AvgIpc) is 3.26. The van der Waals surface area contributed by atoms with Crippen molar-refractivity contribution in [2.75, 3.05) is 0 Å². The molecule has 2 aliphatic rings. The third kappa shape index (κ3) is 5.80. The molecule has 2 aromatic rings. The molecule has 4 rings (SSSR count). The Kier molecular flexibility index (Phi) is 9.05. The van der Waals surface area contributed by atoms with Crippen molar-refractivity contribution >= 4 is 17.8 Å². The standard InChI is InChI=1S/C33H40N4O3/c1-5-8-9-14-22(4)33(7-3)21-29(39)37(32(34)36-33)27(13-6-2)24-16-12-17-25(19-24)31(40)35-30-26-18-11-10-15-23(26)20-28(30)38/h5,8-12,14-19,27-28,30,38H,4,6-7,13,20-21H2,1-3H3,(H2,34,36)(H,35,40)/b8-5-,14-9-/t27?,28-,30-,33+/m1/s1. The summed E-state index contributed by atoms with van der Waals surface area (Å²) in [6.07, 6.45) is 9.66. The molecule has 1 heterocycles. The van der Waals surface area contributed by atoms with E-state index in [4.69, 9.17) is 10.7 Å². The summed E-state index contributed by atoms with van der Waals surface area (Å²) in [6.45, 7) is 10.2. The molecule has 0 radical (unpaired) electrons. The highest BCUT2D eigenvalue weighted by Gasteiger charge is 2.42. The number of amides is 2. The first-order valence-electron chi connectivity index (χ1n) is 14.1. The molecule has 2 amide bonds. The van der Waals surface area contributed by atoms with Crippen LogP contribution in [0.25, 0.3) is 0 Å². The van der Waals surface area contributed by atoms with Crippen LogP contribution in [-0.2, 0) is 11.2 Å². The van der Waals surface area contributed by atoms with Crippen LogP contribution in [0.1, 0.15) is 85.6 Å². The number of aliphatic hydroxyl groups is 1. The Bertz CT molecular complexity index is 1360. The molecule has 210 valence electrons. The van der Waals surface area contributed by atoms with Crippen molar-refractivity contribution in [3.05, 3.63) is 107 Å². The van der Waals surface area contributed by atoms with Crippen LogP contribution in [0.15, 0.2) is 90.0 Å². The summed E-state index contributed by atoms with van der Waals surface area (Å²) in [4.78, 5) is 33.4. The van der Waals surface area contributed by atoms with Crippen molar-refractivity contribution in [2.45, 2.75) is 76.6 Å². The molecule has 0 spiro atoms. The third-order valence-corrected chi connectivity index (χ3v) is 7.97. The normalized spacial score (nSPS) is 23.4. The molecule has 0 bridgehead atoms. The molecule has 0 saturated carbocycles. The van der Waals surface area contributed by atoms with Gasteiger partial charge in [-0.15, -0.1) is 0 Å². The van der Waals surface area contributed by atoms with Gasteiger partial charge in [-0.2, -0.15) is 0 Å². The highest BCUT2D eigenvalue weighted by atomic mass is 16.3. The molecular weight excluding hydrogens is 500 g/mol. The molecule has 4 N–H and O–H groups in total. The molecule has 1 aliphatic heterocycles. The molecule has 7 heteroatoms. The van der Waals surface area contributed by atoms with Gasteiger partial charge in [0.05, 0.1) is 30.1 Å². The summed E-state index contributed by atoms with van der Waals surface area (Å²) < 4.78 is 0. The molecule has 0 saturated heterocycles. The Labute approximate surface area is 237 Å². The molecule has 0 aromatic heterocycles. The maximum absolute atomic E-state index is 13.7. The third-order valence-electron chi connectivity index (χ3n) is 7.97. The summed E-state index contributed by atoms with van der Waals surface area (Å²) in [5.41, 5.74) is 9.72. The van der Waals surface area contributed by atoms with E-state index in [1.54, 1.807) is 11.0 Å². The van der Waals surface area contributed by atoms with Gasteiger partial charge in [0.25, 0.3) is 5.91 Å². The molecule has 7 nitrogen and oxygen atoms in total. The van der Waals surface area contributed by atoms with Crippen molar-refractivity contribution in [2.24, 2.45) is 10.7 Å². The summed E-state index contributed by atoms with van der Waals surface area (Å²) in [5, 5.41) is 13.6. The lowest BCUT2D eigenvalue weighted by atomic mass is 9.82. The first-order chi connectivity index (χ1) is 19.2. The Morgan fingerprint density at radius 1 is 1.25 bits per heavy atom. The number of fused-ring (bicyclic) bond motifs is 1. The monoisotopic (exact) mass is 540 g/mol. The Balaban J connectivity index is 1.61. The van der Waals surface area contributed by atoms with Crippen molar-refractivity contribution in [3.8, 4) is 0 Å². The van der Waals surface area contributed by atoms with Crippen molar-refractivity contribution in [1.29, 1.82) is 0 Å². The van der Waals surface area contributed by atoms with Crippen LogP contribution in [0.5, 0.6) is 0 Å². The van der Waals surface area contributed by atoms with Gasteiger partial charge in [-0.25, -0.2) is 4.99 Å². The van der Waals surface area contributed by atoms with Crippen LogP contribution in [0.3, 0.4) is 0 Å². The lowest BCUT2D eigenvalue weighted by Gasteiger charge is -2.41. The summed E-state index contributed by atoms with van der Waals surface area (Å²) in [7, 11) is 0. The molecule has 0 fully saturated rings. The maximum atomic E-state index is 13.7. The minimum atomic E-state index is -0.785. The second-order valence-corrected chi connectivity index (χ2v) is 10.6. The van der Waals surface area contributed by atoms with E-state index < -0.39 is 17.7 Å². The highest BCUT2D eigenvalue weighted by Crippen LogP contribution is 2.38. The molecule has 1 unspecified atom stereocenters. The van der Waals surface area contributed by atoms with Gasteiger partial charge in [-0.05, 0) is 54.2 Å². The topological polar surface area (TPSA) is 108 Å². The van der Waals surface area contributed by atoms with Crippen molar-refractivity contribution < 1.29 is 14.7 Å². The Hall–Kier alpha value is -3.97. The van der Waals surface area contributed by atoms with Crippen molar-refractivity contribution in [3.63, 3.8) is 0 Å². The number of rotatable bonds is 10. The minimum Gasteiger partial charge on any atom is -0.390 e. The van der Waals surface area contributed by atoms with Gasteiger partial charge in [0, 0.05) is 12.0 Å². The number of nitrogens with two attached hydrogens (primary N) is 1. The van der Waals surface area contributed by atoms with E-state index in [0.29, 0.717) is 24.8 Å². The van der Waals surface area contributed by atoms with E-state index in [0.717, 1.165) is 28.7 Å². The number of carbonyl (C=O) groups is 2. The fourth-order valence-electron chi connectivity index (χ4n) is 5.74. The number of nitrogens with one attached hydrogen (secondary N) is 1. The number of hydrogen-bond donors (Lipinski definition) is 3. The van der Waals surface area contributed by atoms with E-state index >= 15 is 0 Å². The van der Waals surface area contributed by atoms with Gasteiger partial charge in [-0.1, -0.05) is 87.5 Å². The van der Waals surface area contributed by atoms with Gasteiger partial charge >= 0.3 is 0 Å². The fourth-order valence-corrected chi connectivity index (χ4v) is 5.74. The molecular formula is C33H40N4O3. The molecule has 1 aliphatic carbocycles. The van der Waals surface area contributed by atoms with E-state index in [1.165, 1.54) is 0 Å². The van der Waals surface area contributed by atoms with E-state index in [-0.39, 0.29) is 30.2 Å². The second-order valence-electron chi connectivity index (χ2n) is 10.6. The SMILES string of the molecule is C=C(/C=C\C=C/C)[C@]1(CC)CC(=O)N(C(CCC)c2cccc(C(=O)N[C@@H]3c4ccccc4C[C@H]3O)c2)C(N)=N1. The lowest BCUT2D eigenvalue weighted by molar-refractivity contribution is -0.131. The molecule has 4 atom stereocenters. The number of carbonyl (C=O) groups excluding carboxylic acids is 2. The van der Waals surface area contributed by atoms with Crippen molar-refractivity contribution in [1.82, 2.24) is 10.2 Å². The summed E-state index contributed by atoms with van der Waals surface area (Å²) >= 11 is 0. The van der Waals surface area contributed by atoms with Gasteiger partial charge in [0.2, 0.25) is 5.91 Å². The Morgan fingerprint density at radius 2 is 2.02 bits per heavy atom. The van der Waals surface area contributed by atoms with Crippen LogP contribution < -0.4 is 11.1 Å².